The predicted molar refractivity (Wildman–Crippen MR) is 122 cm³/mol. The fraction of sp³-hybridized carbons (Fsp3) is 0.250. The van der Waals surface area contributed by atoms with Crippen LogP contribution in [-0.2, 0) is 27.4 Å². The Hall–Kier alpha value is -3.98. The minimum atomic E-state index is -1.35. The first-order valence-electron chi connectivity index (χ1n) is 10.4. The fourth-order valence-corrected chi connectivity index (χ4v) is 3.21. The monoisotopic (exact) mass is 450 g/mol. The van der Waals surface area contributed by atoms with Crippen molar-refractivity contribution in [3.63, 3.8) is 0 Å². The van der Waals surface area contributed by atoms with Gasteiger partial charge in [0.05, 0.1) is 11.6 Å². The second-order valence-electron chi connectivity index (χ2n) is 7.59. The number of carbonyl (C=O) groups is 3. The van der Waals surface area contributed by atoms with Gasteiger partial charge in [0.15, 0.2) is 0 Å². The summed E-state index contributed by atoms with van der Waals surface area (Å²) in [4.78, 5) is 41.4. The van der Waals surface area contributed by atoms with Crippen LogP contribution in [0.25, 0.3) is 10.9 Å². The summed E-state index contributed by atoms with van der Waals surface area (Å²) in [6.45, 7) is 1.34. The van der Waals surface area contributed by atoms with Crippen LogP contribution >= 0.6 is 0 Å². The van der Waals surface area contributed by atoms with Crippen LogP contribution in [0.4, 0.5) is 4.79 Å². The summed E-state index contributed by atoms with van der Waals surface area (Å²) in [7, 11) is 0. The van der Waals surface area contributed by atoms with Gasteiger partial charge in [0, 0.05) is 17.5 Å². The van der Waals surface area contributed by atoms with Crippen molar-refractivity contribution in [1.82, 2.24) is 15.6 Å². The van der Waals surface area contributed by atoms with E-state index in [4.69, 9.17) is 10.5 Å². The Kier molecular flexibility index (Phi) is 7.93. The molecular weight excluding hydrogens is 424 g/mol. The number of alkyl carbamates (subject to hydrolysis) is 1. The molecule has 0 unspecified atom stereocenters. The Bertz CT molecular complexity index is 1120. The zero-order valence-corrected chi connectivity index (χ0v) is 18.1. The maximum atomic E-state index is 12.7. The molecule has 0 bridgehead atoms. The Balaban J connectivity index is 1.63. The second-order valence-corrected chi connectivity index (χ2v) is 7.59. The Labute approximate surface area is 191 Å². The van der Waals surface area contributed by atoms with Crippen LogP contribution in [0, 0.1) is 0 Å². The lowest BCUT2D eigenvalue weighted by Crippen LogP contribution is -2.57. The van der Waals surface area contributed by atoms with Crippen LogP contribution in [0.1, 0.15) is 18.2 Å². The molecule has 3 amide bonds. The van der Waals surface area contributed by atoms with Crippen molar-refractivity contribution >= 4 is 28.8 Å². The molecule has 0 radical (unpaired) electrons. The van der Waals surface area contributed by atoms with Gasteiger partial charge < -0.3 is 26.2 Å². The number of aliphatic hydroxyl groups excluding tert-OH is 1. The van der Waals surface area contributed by atoms with Gasteiger partial charge in [0.25, 0.3) is 0 Å². The summed E-state index contributed by atoms with van der Waals surface area (Å²) in [6.07, 6.45) is -2.08. The van der Waals surface area contributed by atoms with Crippen molar-refractivity contribution in [2.75, 3.05) is 0 Å². The maximum Gasteiger partial charge on any atom is 0.408 e. The van der Waals surface area contributed by atoms with E-state index in [1.165, 1.54) is 6.92 Å². The highest BCUT2D eigenvalue weighted by Gasteiger charge is 2.30. The zero-order valence-electron chi connectivity index (χ0n) is 18.1. The van der Waals surface area contributed by atoms with E-state index in [0.717, 1.165) is 16.5 Å². The first-order valence-corrected chi connectivity index (χ1v) is 10.4. The van der Waals surface area contributed by atoms with Crippen molar-refractivity contribution in [2.45, 2.75) is 38.1 Å². The SMILES string of the molecule is C[C@@H](O)[C@H](NC(=O)OCc1ccccc1)C(=O)N[C@@H](Cc1ccc2ccccc2n1)C(N)=O. The van der Waals surface area contributed by atoms with E-state index >= 15 is 0 Å². The van der Waals surface area contributed by atoms with Gasteiger partial charge in [-0.3, -0.25) is 14.6 Å². The van der Waals surface area contributed by atoms with Gasteiger partial charge in [-0.05, 0) is 24.6 Å². The summed E-state index contributed by atoms with van der Waals surface area (Å²) in [5, 5.41) is 15.8. The number of aliphatic hydroxyl groups is 1. The molecular formula is C24H26N4O5. The molecule has 33 heavy (non-hydrogen) atoms. The average molecular weight is 450 g/mol. The van der Waals surface area contributed by atoms with E-state index in [2.05, 4.69) is 15.6 Å². The van der Waals surface area contributed by atoms with Crippen molar-refractivity contribution in [2.24, 2.45) is 5.73 Å². The predicted octanol–water partition coefficient (Wildman–Crippen LogP) is 1.42. The van der Waals surface area contributed by atoms with Gasteiger partial charge in [0.1, 0.15) is 18.7 Å². The van der Waals surface area contributed by atoms with Crippen molar-refractivity contribution in [3.8, 4) is 0 Å². The van der Waals surface area contributed by atoms with Gasteiger partial charge in [-0.25, -0.2) is 4.79 Å². The minimum Gasteiger partial charge on any atom is -0.445 e. The number of hydrogen-bond donors (Lipinski definition) is 4. The van der Waals surface area contributed by atoms with E-state index in [-0.39, 0.29) is 13.0 Å². The molecule has 1 heterocycles. The van der Waals surface area contributed by atoms with Crippen LogP contribution in [0.2, 0.25) is 0 Å². The molecule has 3 aromatic rings. The second kappa shape index (κ2) is 11.1. The standard InChI is InChI=1S/C24H26N4O5/c1-15(29)21(28-24(32)33-14-16-7-3-2-4-8-16)23(31)27-20(22(25)30)13-18-12-11-17-9-5-6-10-19(17)26-18/h2-12,15,20-21,29H,13-14H2,1H3,(H2,25,30)(H,27,31)(H,28,32)/t15-,20+,21+/m1/s1. The lowest BCUT2D eigenvalue weighted by atomic mass is 10.1. The number of ether oxygens (including phenoxy) is 1. The number of carbonyl (C=O) groups excluding carboxylic acids is 3. The summed E-state index contributed by atoms with van der Waals surface area (Å²) in [5.74, 6) is -1.54. The van der Waals surface area contributed by atoms with E-state index in [1.54, 1.807) is 30.3 Å². The Morgan fingerprint density at radius 1 is 1.00 bits per heavy atom. The maximum absolute atomic E-state index is 12.7. The summed E-state index contributed by atoms with van der Waals surface area (Å²) >= 11 is 0. The summed E-state index contributed by atoms with van der Waals surface area (Å²) < 4.78 is 5.11. The number of benzene rings is 2. The molecule has 172 valence electrons. The van der Waals surface area contributed by atoms with Crippen molar-refractivity contribution in [3.05, 3.63) is 78.0 Å². The number of hydrogen-bond acceptors (Lipinski definition) is 6. The number of pyridine rings is 1. The largest absolute Gasteiger partial charge is 0.445 e. The number of nitrogens with one attached hydrogen (secondary N) is 2. The van der Waals surface area contributed by atoms with Crippen molar-refractivity contribution < 1.29 is 24.2 Å². The van der Waals surface area contributed by atoms with Gasteiger partial charge in [-0.1, -0.05) is 54.6 Å². The molecule has 2 aromatic carbocycles. The molecule has 0 aliphatic carbocycles. The van der Waals surface area contributed by atoms with Gasteiger partial charge in [-0.15, -0.1) is 0 Å². The molecule has 5 N–H and O–H groups in total. The highest BCUT2D eigenvalue weighted by Crippen LogP contribution is 2.13. The Morgan fingerprint density at radius 3 is 2.39 bits per heavy atom. The van der Waals surface area contributed by atoms with Crippen LogP contribution in [-0.4, -0.2) is 46.2 Å². The molecule has 0 spiro atoms. The smallest absolute Gasteiger partial charge is 0.408 e. The molecule has 9 heteroatoms. The Morgan fingerprint density at radius 2 is 1.70 bits per heavy atom. The highest BCUT2D eigenvalue weighted by molar-refractivity contribution is 5.91. The first kappa shape index (κ1) is 23.7. The van der Waals surface area contributed by atoms with Crippen molar-refractivity contribution in [1.29, 1.82) is 0 Å². The van der Waals surface area contributed by atoms with Gasteiger partial charge >= 0.3 is 6.09 Å². The number of primary amides is 1. The number of amides is 3. The highest BCUT2D eigenvalue weighted by atomic mass is 16.5. The van der Waals surface area contributed by atoms with E-state index in [9.17, 15) is 19.5 Å². The molecule has 3 rings (SSSR count). The fourth-order valence-electron chi connectivity index (χ4n) is 3.21. The number of nitrogens with zero attached hydrogens (tertiary/aromatic N) is 1. The molecule has 9 nitrogen and oxygen atoms in total. The van der Waals surface area contributed by atoms with Crippen LogP contribution < -0.4 is 16.4 Å². The van der Waals surface area contributed by atoms with E-state index in [0.29, 0.717) is 5.69 Å². The molecule has 0 aliphatic rings. The van der Waals surface area contributed by atoms with E-state index in [1.807, 2.05) is 36.4 Å². The third kappa shape index (κ3) is 6.75. The normalized spacial score (nSPS) is 13.5. The molecule has 0 fully saturated rings. The molecule has 3 atom stereocenters. The first-order chi connectivity index (χ1) is 15.8. The number of rotatable bonds is 9. The number of nitrogens with two attached hydrogens (primary N) is 1. The number of fused-ring (bicyclic) bond motifs is 1. The lowest BCUT2D eigenvalue weighted by molar-refractivity contribution is -0.130. The minimum absolute atomic E-state index is 0.00162. The molecule has 0 saturated carbocycles. The van der Waals surface area contributed by atoms with Crippen LogP contribution in [0.5, 0.6) is 0 Å². The summed E-state index contributed by atoms with van der Waals surface area (Å²) in [6, 6.07) is 17.7. The zero-order chi connectivity index (χ0) is 23.8. The molecule has 1 aromatic heterocycles. The van der Waals surface area contributed by atoms with E-state index < -0.39 is 36.1 Å². The molecule has 0 aliphatic heterocycles. The van der Waals surface area contributed by atoms with Gasteiger partial charge in [-0.2, -0.15) is 0 Å². The third-order valence-electron chi connectivity index (χ3n) is 4.98. The quantitative estimate of drug-likeness (QED) is 0.388. The number of para-hydroxylation sites is 1. The molecule has 0 saturated heterocycles. The van der Waals surface area contributed by atoms with Crippen LogP contribution in [0.15, 0.2) is 66.7 Å². The average Bonchev–Trinajstić information content (AvgIpc) is 2.81. The van der Waals surface area contributed by atoms with Gasteiger partial charge in [0.2, 0.25) is 11.8 Å². The topological polar surface area (TPSA) is 144 Å². The van der Waals surface area contributed by atoms with Crippen LogP contribution in [0.3, 0.4) is 0 Å². The number of aromatic nitrogens is 1. The lowest BCUT2D eigenvalue weighted by Gasteiger charge is -2.23. The third-order valence-corrected chi connectivity index (χ3v) is 4.98. The summed E-state index contributed by atoms with van der Waals surface area (Å²) in [5.41, 5.74) is 7.55.